The minimum absolute atomic E-state index is 0.0812. The van der Waals surface area contributed by atoms with E-state index >= 15 is 0 Å². The number of hydrogen-bond donors (Lipinski definition) is 1. The summed E-state index contributed by atoms with van der Waals surface area (Å²) in [5, 5.41) is 4.81. The van der Waals surface area contributed by atoms with Crippen molar-refractivity contribution >= 4 is 28.2 Å². The van der Waals surface area contributed by atoms with E-state index in [-0.39, 0.29) is 23.8 Å². The van der Waals surface area contributed by atoms with Gasteiger partial charge in [0.15, 0.2) is 10.9 Å². The molecule has 0 saturated heterocycles. The molecule has 0 fully saturated rings. The maximum Gasteiger partial charge on any atom is 0.262 e. The van der Waals surface area contributed by atoms with Gasteiger partial charge < -0.3 is 9.88 Å². The van der Waals surface area contributed by atoms with Crippen LogP contribution in [0, 0.1) is 6.92 Å². The number of Topliss-reactive ketones (excluding diaryl/α,β-unsaturated/α-hetero) is 1. The van der Waals surface area contributed by atoms with Crippen LogP contribution in [0.1, 0.15) is 23.0 Å². The van der Waals surface area contributed by atoms with E-state index in [4.69, 9.17) is 0 Å². The topological polar surface area (TPSA) is 81.1 Å². The number of amides is 1. The average Bonchev–Trinajstić information content (AvgIpc) is 2.86. The van der Waals surface area contributed by atoms with Gasteiger partial charge in [0.2, 0.25) is 5.91 Å². The monoisotopic (exact) mass is 291 g/mol. The van der Waals surface area contributed by atoms with Gasteiger partial charge in [0, 0.05) is 17.3 Å². The zero-order valence-electron chi connectivity index (χ0n) is 11.0. The van der Waals surface area contributed by atoms with E-state index in [1.807, 2.05) is 0 Å². The van der Waals surface area contributed by atoms with E-state index in [9.17, 15) is 14.4 Å². The van der Waals surface area contributed by atoms with Crippen molar-refractivity contribution < 1.29 is 9.59 Å². The van der Waals surface area contributed by atoms with E-state index < -0.39 is 5.56 Å². The molecule has 2 rings (SSSR count). The quantitative estimate of drug-likeness (QED) is 0.865. The Hall–Kier alpha value is -2.28. The van der Waals surface area contributed by atoms with Crippen molar-refractivity contribution in [1.29, 1.82) is 0 Å². The molecule has 0 unspecified atom stereocenters. The van der Waals surface area contributed by atoms with Crippen molar-refractivity contribution in [1.82, 2.24) is 9.55 Å². The summed E-state index contributed by atoms with van der Waals surface area (Å²) in [6.45, 7) is 2.89. The van der Waals surface area contributed by atoms with E-state index in [1.165, 1.54) is 28.9 Å². The van der Waals surface area contributed by atoms with Gasteiger partial charge in [-0.05, 0) is 26.0 Å². The second-order valence-corrected chi connectivity index (χ2v) is 5.12. The molecule has 2 heterocycles. The Bertz CT molecular complexity index is 704. The molecule has 2 aromatic rings. The number of nitrogens with one attached hydrogen (secondary N) is 1. The lowest BCUT2D eigenvalue weighted by atomic mass is 10.2. The first-order chi connectivity index (χ1) is 9.49. The molecule has 20 heavy (non-hydrogen) atoms. The number of rotatable bonds is 4. The zero-order valence-corrected chi connectivity index (χ0v) is 11.9. The fourth-order valence-electron chi connectivity index (χ4n) is 1.72. The molecule has 0 aliphatic heterocycles. The zero-order chi connectivity index (χ0) is 14.7. The Morgan fingerprint density at radius 1 is 1.40 bits per heavy atom. The number of carbonyl (C=O) groups excluding carboxylic acids is 2. The predicted molar refractivity (Wildman–Crippen MR) is 76.2 cm³/mol. The van der Waals surface area contributed by atoms with Crippen molar-refractivity contribution in [2.24, 2.45) is 0 Å². The second-order valence-electron chi connectivity index (χ2n) is 4.22. The van der Waals surface area contributed by atoms with Crippen LogP contribution in [0.2, 0.25) is 0 Å². The lowest BCUT2D eigenvalue weighted by Crippen LogP contribution is -2.32. The molecular weight excluding hydrogens is 278 g/mol. The normalized spacial score (nSPS) is 10.3. The largest absolute Gasteiger partial charge is 0.303 e. The molecule has 0 saturated carbocycles. The lowest BCUT2D eigenvalue weighted by molar-refractivity contribution is -0.116. The average molecular weight is 291 g/mol. The molecule has 0 aromatic carbocycles. The van der Waals surface area contributed by atoms with E-state index in [0.717, 1.165) is 0 Å². The minimum Gasteiger partial charge on any atom is -0.303 e. The number of nitrogens with zero attached hydrogens (tertiary/aromatic N) is 2. The summed E-state index contributed by atoms with van der Waals surface area (Å²) in [4.78, 5) is 39.3. The highest BCUT2D eigenvalue weighted by molar-refractivity contribution is 7.13. The smallest absolute Gasteiger partial charge is 0.262 e. The summed E-state index contributed by atoms with van der Waals surface area (Å²) in [5.74, 6) is -0.671. The summed E-state index contributed by atoms with van der Waals surface area (Å²) in [7, 11) is 0. The Balaban J connectivity index is 2.25. The Labute approximate surface area is 119 Å². The van der Waals surface area contributed by atoms with Crippen LogP contribution in [-0.4, -0.2) is 21.2 Å². The number of aryl methyl sites for hydroxylation is 1. The third kappa shape index (κ3) is 3.00. The number of thiazole rings is 1. The van der Waals surface area contributed by atoms with Gasteiger partial charge in [-0.15, -0.1) is 11.3 Å². The Kier molecular flexibility index (Phi) is 4.09. The third-order valence-corrected chi connectivity index (χ3v) is 3.44. The molecule has 0 spiro atoms. The number of pyridine rings is 1. The summed E-state index contributed by atoms with van der Waals surface area (Å²) in [6, 6.07) is 3.13. The van der Waals surface area contributed by atoms with Gasteiger partial charge >= 0.3 is 0 Å². The first kappa shape index (κ1) is 14.1. The highest BCUT2D eigenvalue weighted by Crippen LogP contribution is 2.10. The van der Waals surface area contributed by atoms with E-state index in [1.54, 1.807) is 24.6 Å². The first-order valence-corrected chi connectivity index (χ1v) is 6.77. The molecule has 104 valence electrons. The second kappa shape index (κ2) is 5.79. The van der Waals surface area contributed by atoms with Crippen LogP contribution >= 0.6 is 11.3 Å². The molecule has 0 aliphatic rings. The minimum atomic E-state index is -0.452. The van der Waals surface area contributed by atoms with Gasteiger partial charge in [-0.2, -0.15) is 0 Å². The standard InChI is InChI=1S/C13H13N3O3S/c1-8-3-4-10(9(2)17)12(19)16(8)7-11(18)15-13-14-5-6-20-13/h3-6H,7H2,1-2H3,(H,14,15,18). The number of aromatic nitrogens is 2. The Morgan fingerprint density at radius 3 is 2.75 bits per heavy atom. The van der Waals surface area contributed by atoms with Crippen LogP contribution in [-0.2, 0) is 11.3 Å². The highest BCUT2D eigenvalue weighted by atomic mass is 32.1. The summed E-state index contributed by atoms with van der Waals surface area (Å²) >= 11 is 1.29. The number of hydrogen-bond acceptors (Lipinski definition) is 5. The molecule has 0 radical (unpaired) electrons. The SMILES string of the molecule is CC(=O)c1ccc(C)n(CC(=O)Nc2nccs2)c1=O. The molecule has 0 aliphatic carbocycles. The predicted octanol–water partition coefficient (Wildman–Crippen LogP) is 1.45. The van der Waals surface area contributed by atoms with Crippen LogP contribution in [0.5, 0.6) is 0 Å². The molecule has 6 nitrogen and oxygen atoms in total. The lowest BCUT2D eigenvalue weighted by Gasteiger charge is -2.10. The summed E-state index contributed by atoms with van der Waals surface area (Å²) < 4.78 is 1.28. The van der Waals surface area contributed by atoms with Crippen molar-refractivity contribution in [2.45, 2.75) is 20.4 Å². The maximum absolute atomic E-state index is 12.1. The number of ketones is 1. The first-order valence-electron chi connectivity index (χ1n) is 5.90. The van der Waals surface area contributed by atoms with Crippen molar-refractivity contribution in [2.75, 3.05) is 5.32 Å². The third-order valence-electron chi connectivity index (χ3n) is 2.75. The van der Waals surface area contributed by atoms with Crippen LogP contribution < -0.4 is 10.9 Å². The summed E-state index contributed by atoms with van der Waals surface area (Å²) in [6.07, 6.45) is 1.58. The molecule has 1 N–H and O–H groups in total. The Morgan fingerprint density at radius 2 is 2.15 bits per heavy atom. The van der Waals surface area contributed by atoms with Crippen molar-refractivity contribution in [3.05, 3.63) is 45.3 Å². The van der Waals surface area contributed by atoms with Gasteiger partial charge in [0.25, 0.3) is 5.56 Å². The maximum atomic E-state index is 12.1. The van der Waals surface area contributed by atoms with Crippen LogP contribution in [0.3, 0.4) is 0 Å². The molecule has 7 heteroatoms. The van der Waals surface area contributed by atoms with Gasteiger partial charge in [0.05, 0.1) is 5.56 Å². The molecular formula is C13H13N3O3S. The van der Waals surface area contributed by atoms with Gasteiger partial charge in [-0.25, -0.2) is 4.98 Å². The van der Waals surface area contributed by atoms with Crippen molar-refractivity contribution in [3.63, 3.8) is 0 Å². The van der Waals surface area contributed by atoms with E-state index in [2.05, 4.69) is 10.3 Å². The molecule has 1 amide bonds. The van der Waals surface area contributed by atoms with Gasteiger partial charge in [-0.3, -0.25) is 14.4 Å². The fraction of sp³-hybridized carbons (Fsp3) is 0.231. The van der Waals surface area contributed by atoms with Gasteiger partial charge in [0.1, 0.15) is 6.54 Å². The van der Waals surface area contributed by atoms with Crippen molar-refractivity contribution in [3.8, 4) is 0 Å². The van der Waals surface area contributed by atoms with Gasteiger partial charge in [-0.1, -0.05) is 0 Å². The number of anilines is 1. The number of carbonyl (C=O) groups is 2. The highest BCUT2D eigenvalue weighted by Gasteiger charge is 2.13. The van der Waals surface area contributed by atoms with Crippen LogP contribution in [0.25, 0.3) is 0 Å². The molecule has 0 atom stereocenters. The molecule has 0 bridgehead atoms. The van der Waals surface area contributed by atoms with E-state index in [0.29, 0.717) is 10.8 Å². The fourth-order valence-corrected chi connectivity index (χ4v) is 2.27. The summed E-state index contributed by atoms with van der Waals surface area (Å²) in [5.41, 5.74) is 0.249. The van der Waals surface area contributed by atoms with Crippen LogP contribution in [0.4, 0.5) is 5.13 Å². The van der Waals surface area contributed by atoms with Crippen LogP contribution in [0.15, 0.2) is 28.5 Å². The molecule has 2 aromatic heterocycles.